The summed E-state index contributed by atoms with van der Waals surface area (Å²) in [5.41, 5.74) is 3.47. The number of carbonyl (C=O) groups is 2. The lowest BCUT2D eigenvalue weighted by atomic mass is 10.0. The molecule has 0 bridgehead atoms. The first kappa shape index (κ1) is 23.7. The van der Waals surface area contributed by atoms with Crippen LogP contribution in [0.5, 0.6) is 0 Å². The number of hydrogen-bond donors (Lipinski definition) is 1. The number of rotatable bonds is 10. The molecule has 0 unspecified atom stereocenters. The average Bonchev–Trinajstić information content (AvgIpc) is 3.11. The van der Waals surface area contributed by atoms with E-state index in [4.69, 9.17) is 4.74 Å². The highest BCUT2D eigenvalue weighted by atomic mass is 32.1. The highest BCUT2D eigenvalue weighted by Crippen LogP contribution is 2.40. The van der Waals surface area contributed by atoms with Crippen LogP contribution >= 0.6 is 11.3 Å². The normalized spacial score (nSPS) is 10.9. The second kappa shape index (κ2) is 11.0. The number of ether oxygens (including phenoxy) is 1. The predicted octanol–water partition coefficient (Wildman–Crippen LogP) is 4.58. The molecular formula is C24H30N4O3S. The molecule has 32 heavy (non-hydrogen) atoms. The summed E-state index contributed by atoms with van der Waals surface area (Å²) in [5, 5.41) is 4.32. The highest BCUT2D eigenvalue weighted by molar-refractivity contribution is 7.19. The number of esters is 1. The zero-order valence-electron chi connectivity index (χ0n) is 19.1. The second-order valence-electron chi connectivity index (χ2n) is 7.51. The topological polar surface area (TPSA) is 84.4 Å². The summed E-state index contributed by atoms with van der Waals surface area (Å²) >= 11 is 1.64. The van der Waals surface area contributed by atoms with Crippen molar-refractivity contribution < 1.29 is 14.3 Å². The van der Waals surface area contributed by atoms with Crippen LogP contribution in [0.3, 0.4) is 0 Å². The van der Waals surface area contributed by atoms with E-state index in [2.05, 4.69) is 53.4 Å². The number of amides is 1. The first-order valence-electron chi connectivity index (χ1n) is 10.9. The molecule has 0 radical (unpaired) electrons. The Morgan fingerprint density at radius 3 is 2.53 bits per heavy atom. The van der Waals surface area contributed by atoms with Crippen molar-refractivity contribution in [3.8, 4) is 11.1 Å². The number of carbonyl (C=O) groups excluding carboxylic acids is 2. The maximum Gasteiger partial charge on any atom is 0.307 e. The number of nitrogens with one attached hydrogen (secondary N) is 1. The zero-order valence-corrected chi connectivity index (χ0v) is 19.9. The van der Waals surface area contributed by atoms with Crippen molar-refractivity contribution in [3.63, 3.8) is 0 Å². The van der Waals surface area contributed by atoms with E-state index in [1.165, 1.54) is 10.4 Å². The molecule has 1 aromatic carbocycles. The Balaban J connectivity index is 1.70. The maximum absolute atomic E-state index is 12.6. The van der Waals surface area contributed by atoms with Gasteiger partial charge in [-0.15, -0.1) is 11.3 Å². The number of benzene rings is 1. The van der Waals surface area contributed by atoms with E-state index in [1.54, 1.807) is 29.5 Å². The van der Waals surface area contributed by atoms with Gasteiger partial charge in [0.25, 0.3) is 0 Å². The van der Waals surface area contributed by atoms with Crippen molar-refractivity contribution in [2.45, 2.75) is 40.5 Å². The van der Waals surface area contributed by atoms with E-state index in [0.717, 1.165) is 27.2 Å². The molecule has 0 atom stereocenters. The summed E-state index contributed by atoms with van der Waals surface area (Å²) in [7, 11) is 0. The van der Waals surface area contributed by atoms with Gasteiger partial charge in [-0.05, 0) is 33.3 Å². The minimum Gasteiger partial charge on any atom is -0.466 e. The Hall–Kier alpha value is -3.00. The number of aryl methyl sites for hydroxylation is 2. The standard InChI is InChI=1S/C24H30N4O3S/c1-5-28(14-12-20(30)31-6-2)19(29)11-13-25-23-22-21(18-9-7-16(3)8-10-18)17(4)32-24(22)27-15-26-23/h7-10,15H,5-6,11-14H2,1-4H3,(H,25,26,27). The maximum atomic E-state index is 12.6. The molecule has 1 amide bonds. The minimum absolute atomic E-state index is 0.00476. The fourth-order valence-corrected chi connectivity index (χ4v) is 4.62. The van der Waals surface area contributed by atoms with E-state index in [0.29, 0.717) is 32.7 Å². The molecule has 7 nitrogen and oxygen atoms in total. The van der Waals surface area contributed by atoms with E-state index in [9.17, 15) is 9.59 Å². The molecule has 0 aliphatic heterocycles. The van der Waals surface area contributed by atoms with Crippen LogP contribution in [-0.2, 0) is 14.3 Å². The third kappa shape index (κ3) is 5.62. The average molecular weight is 455 g/mol. The van der Waals surface area contributed by atoms with Gasteiger partial charge in [0.2, 0.25) is 5.91 Å². The van der Waals surface area contributed by atoms with Gasteiger partial charge >= 0.3 is 5.97 Å². The van der Waals surface area contributed by atoms with Gasteiger partial charge in [-0.2, -0.15) is 0 Å². The van der Waals surface area contributed by atoms with Crippen molar-refractivity contribution in [1.29, 1.82) is 0 Å². The number of thiophene rings is 1. The molecule has 8 heteroatoms. The number of fused-ring (bicyclic) bond motifs is 1. The molecule has 0 aliphatic carbocycles. The van der Waals surface area contributed by atoms with Crippen molar-refractivity contribution >= 4 is 39.2 Å². The van der Waals surface area contributed by atoms with Crippen LogP contribution in [0.15, 0.2) is 30.6 Å². The largest absolute Gasteiger partial charge is 0.466 e. The molecule has 0 fully saturated rings. The first-order valence-corrected chi connectivity index (χ1v) is 11.7. The molecule has 0 spiro atoms. The van der Waals surface area contributed by atoms with Gasteiger partial charge in [-0.25, -0.2) is 9.97 Å². The SMILES string of the molecule is CCOC(=O)CCN(CC)C(=O)CCNc1ncnc2sc(C)c(-c3ccc(C)cc3)c12. The molecule has 0 saturated carbocycles. The molecule has 1 N–H and O–H groups in total. The summed E-state index contributed by atoms with van der Waals surface area (Å²) in [6.07, 6.45) is 2.08. The molecule has 2 heterocycles. The lowest BCUT2D eigenvalue weighted by Gasteiger charge is -2.20. The Morgan fingerprint density at radius 2 is 1.84 bits per heavy atom. The number of aromatic nitrogens is 2. The summed E-state index contributed by atoms with van der Waals surface area (Å²) in [6, 6.07) is 8.44. The molecule has 0 saturated heterocycles. The van der Waals surface area contributed by atoms with Gasteiger partial charge in [0.05, 0.1) is 18.4 Å². The van der Waals surface area contributed by atoms with Crippen LogP contribution in [0.25, 0.3) is 21.3 Å². The van der Waals surface area contributed by atoms with Gasteiger partial charge in [0.15, 0.2) is 0 Å². The fraction of sp³-hybridized carbons (Fsp3) is 0.417. The van der Waals surface area contributed by atoms with Gasteiger partial charge in [-0.1, -0.05) is 29.8 Å². The van der Waals surface area contributed by atoms with E-state index >= 15 is 0 Å². The Labute approximate surface area is 192 Å². The van der Waals surface area contributed by atoms with E-state index in [1.807, 2.05) is 6.92 Å². The second-order valence-corrected chi connectivity index (χ2v) is 8.71. The summed E-state index contributed by atoms with van der Waals surface area (Å²) in [6.45, 7) is 9.57. The van der Waals surface area contributed by atoms with Crippen LogP contribution < -0.4 is 5.32 Å². The molecule has 2 aromatic heterocycles. The number of nitrogens with zero attached hydrogens (tertiary/aromatic N) is 3. The molecule has 170 valence electrons. The van der Waals surface area contributed by atoms with Crippen molar-refractivity contribution in [2.24, 2.45) is 0 Å². The molecule has 3 rings (SSSR count). The molecular weight excluding hydrogens is 424 g/mol. The summed E-state index contributed by atoms with van der Waals surface area (Å²) in [4.78, 5) is 36.9. The third-order valence-electron chi connectivity index (χ3n) is 5.26. The van der Waals surface area contributed by atoms with Crippen molar-refractivity contribution in [2.75, 3.05) is 31.6 Å². The molecule has 3 aromatic rings. The highest BCUT2D eigenvalue weighted by Gasteiger charge is 2.18. The molecule has 0 aliphatic rings. The lowest BCUT2D eigenvalue weighted by Crippen LogP contribution is -2.34. The monoisotopic (exact) mass is 454 g/mol. The van der Waals surface area contributed by atoms with Crippen LogP contribution in [0.4, 0.5) is 5.82 Å². The number of hydrogen-bond acceptors (Lipinski definition) is 7. The third-order valence-corrected chi connectivity index (χ3v) is 6.27. The zero-order chi connectivity index (χ0) is 23.1. The van der Waals surface area contributed by atoms with Crippen molar-refractivity contribution in [1.82, 2.24) is 14.9 Å². The Bertz CT molecular complexity index is 1080. The summed E-state index contributed by atoms with van der Waals surface area (Å²) in [5.74, 6) is 0.448. The Morgan fingerprint density at radius 1 is 1.09 bits per heavy atom. The summed E-state index contributed by atoms with van der Waals surface area (Å²) < 4.78 is 4.95. The van der Waals surface area contributed by atoms with E-state index < -0.39 is 0 Å². The Kier molecular flexibility index (Phi) is 8.16. The van der Waals surface area contributed by atoms with Crippen LogP contribution in [0, 0.1) is 13.8 Å². The quantitative estimate of drug-likeness (QED) is 0.452. The van der Waals surface area contributed by atoms with Crippen LogP contribution in [0.1, 0.15) is 37.1 Å². The van der Waals surface area contributed by atoms with E-state index in [-0.39, 0.29) is 18.3 Å². The van der Waals surface area contributed by atoms with Gasteiger partial charge < -0.3 is 15.0 Å². The van der Waals surface area contributed by atoms with Gasteiger partial charge in [0, 0.05) is 36.5 Å². The van der Waals surface area contributed by atoms with Crippen molar-refractivity contribution in [3.05, 3.63) is 41.0 Å². The van der Waals surface area contributed by atoms with Crippen LogP contribution in [0.2, 0.25) is 0 Å². The van der Waals surface area contributed by atoms with Crippen LogP contribution in [-0.4, -0.2) is 53.0 Å². The van der Waals surface area contributed by atoms with Gasteiger partial charge in [0.1, 0.15) is 17.0 Å². The first-order chi connectivity index (χ1) is 15.4. The lowest BCUT2D eigenvalue weighted by molar-refractivity contribution is -0.144. The predicted molar refractivity (Wildman–Crippen MR) is 129 cm³/mol. The van der Waals surface area contributed by atoms with Gasteiger partial charge in [-0.3, -0.25) is 9.59 Å². The fourth-order valence-electron chi connectivity index (χ4n) is 3.61. The number of anilines is 1. The smallest absolute Gasteiger partial charge is 0.307 e. The minimum atomic E-state index is -0.281.